The van der Waals surface area contributed by atoms with Crippen molar-refractivity contribution >= 4 is 34.7 Å². The Morgan fingerprint density at radius 3 is 2.43 bits per heavy atom. The first-order chi connectivity index (χ1) is 14.2. The lowest BCUT2D eigenvalue weighted by atomic mass is 9.98. The van der Waals surface area contributed by atoms with Crippen molar-refractivity contribution < 1.29 is 14.4 Å². The molecule has 2 N–H and O–H groups in total. The molecule has 0 atom stereocenters. The number of thiophene rings is 1. The van der Waals surface area contributed by atoms with Crippen LogP contribution in [0.3, 0.4) is 0 Å². The molecule has 1 saturated heterocycles. The molecule has 160 valence electrons. The van der Waals surface area contributed by atoms with E-state index in [9.17, 15) is 14.4 Å². The van der Waals surface area contributed by atoms with Gasteiger partial charge in [0.1, 0.15) is 5.54 Å². The van der Waals surface area contributed by atoms with Crippen LogP contribution < -0.4 is 10.6 Å². The number of carbonyl (C=O) groups is 3. The van der Waals surface area contributed by atoms with Gasteiger partial charge in [0.15, 0.2) is 0 Å². The zero-order valence-corrected chi connectivity index (χ0v) is 18.8. The molecular formula is C23H29N3O3S. The fourth-order valence-electron chi connectivity index (χ4n) is 3.46. The molecule has 0 radical (unpaired) electrons. The third kappa shape index (κ3) is 5.08. The Hall–Kier alpha value is -2.67. The van der Waals surface area contributed by atoms with Gasteiger partial charge in [-0.1, -0.05) is 13.0 Å². The van der Waals surface area contributed by atoms with Gasteiger partial charge >= 0.3 is 0 Å². The number of rotatable bonds is 5. The van der Waals surface area contributed by atoms with E-state index >= 15 is 0 Å². The standard InChI is InChI=1S/C23H29N3O3S/c1-15-9-11-26(12-10-15)21(28)18-8-7-17(14-16(18)2)24-22(29)23(3,4)25-20(27)19-6-5-13-30-19/h5-8,13-15H,9-12H2,1-4H3,(H,24,29)(H,25,27). The number of amides is 3. The van der Waals surface area contributed by atoms with Gasteiger partial charge in [-0.25, -0.2) is 0 Å². The average molecular weight is 428 g/mol. The molecule has 2 heterocycles. The largest absolute Gasteiger partial charge is 0.339 e. The summed E-state index contributed by atoms with van der Waals surface area (Å²) in [6, 6.07) is 8.82. The second kappa shape index (κ2) is 9.00. The van der Waals surface area contributed by atoms with Crippen LogP contribution in [0, 0.1) is 12.8 Å². The first-order valence-electron chi connectivity index (χ1n) is 10.2. The lowest BCUT2D eigenvalue weighted by Gasteiger charge is -2.30. The molecule has 7 heteroatoms. The van der Waals surface area contributed by atoms with Crippen molar-refractivity contribution in [1.82, 2.24) is 10.2 Å². The van der Waals surface area contributed by atoms with Crippen molar-refractivity contribution in [3.8, 4) is 0 Å². The SMILES string of the molecule is Cc1cc(NC(=O)C(C)(C)NC(=O)c2cccs2)ccc1C(=O)N1CCC(C)CC1. The molecule has 3 rings (SSSR count). The van der Waals surface area contributed by atoms with E-state index in [-0.39, 0.29) is 17.7 Å². The molecule has 0 spiro atoms. The zero-order valence-electron chi connectivity index (χ0n) is 18.0. The van der Waals surface area contributed by atoms with Gasteiger partial charge in [-0.05, 0) is 74.7 Å². The molecular weight excluding hydrogens is 398 g/mol. The van der Waals surface area contributed by atoms with Gasteiger partial charge < -0.3 is 15.5 Å². The maximum absolute atomic E-state index is 12.8. The predicted molar refractivity (Wildman–Crippen MR) is 120 cm³/mol. The van der Waals surface area contributed by atoms with E-state index in [1.807, 2.05) is 17.2 Å². The van der Waals surface area contributed by atoms with Crippen molar-refractivity contribution in [3.05, 3.63) is 51.7 Å². The van der Waals surface area contributed by atoms with Crippen LogP contribution in [0.2, 0.25) is 0 Å². The van der Waals surface area contributed by atoms with E-state index in [0.717, 1.165) is 31.5 Å². The molecule has 2 aromatic rings. The summed E-state index contributed by atoms with van der Waals surface area (Å²) in [5.74, 6) is 0.103. The van der Waals surface area contributed by atoms with E-state index in [2.05, 4.69) is 17.6 Å². The van der Waals surface area contributed by atoms with Crippen LogP contribution in [0.5, 0.6) is 0 Å². The van der Waals surface area contributed by atoms with Gasteiger partial charge in [0.25, 0.3) is 11.8 Å². The Balaban J connectivity index is 1.65. The molecule has 30 heavy (non-hydrogen) atoms. The van der Waals surface area contributed by atoms with Crippen molar-refractivity contribution in [3.63, 3.8) is 0 Å². The summed E-state index contributed by atoms with van der Waals surface area (Å²) in [6.45, 7) is 8.99. The van der Waals surface area contributed by atoms with Crippen molar-refractivity contribution in [1.29, 1.82) is 0 Å². The van der Waals surface area contributed by atoms with Crippen molar-refractivity contribution in [2.75, 3.05) is 18.4 Å². The Morgan fingerprint density at radius 1 is 1.13 bits per heavy atom. The Morgan fingerprint density at radius 2 is 1.83 bits per heavy atom. The minimum Gasteiger partial charge on any atom is -0.339 e. The highest BCUT2D eigenvalue weighted by Crippen LogP contribution is 2.22. The second-order valence-electron chi connectivity index (χ2n) is 8.51. The topological polar surface area (TPSA) is 78.5 Å². The number of nitrogens with one attached hydrogen (secondary N) is 2. The summed E-state index contributed by atoms with van der Waals surface area (Å²) >= 11 is 1.33. The maximum Gasteiger partial charge on any atom is 0.262 e. The van der Waals surface area contributed by atoms with E-state index in [0.29, 0.717) is 22.0 Å². The lowest BCUT2D eigenvalue weighted by molar-refractivity contribution is -0.120. The Labute approximate surface area is 181 Å². The van der Waals surface area contributed by atoms with Crippen LogP contribution >= 0.6 is 11.3 Å². The summed E-state index contributed by atoms with van der Waals surface area (Å²) in [6.07, 6.45) is 2.07. The van der Waals surface area contributed by atoms with Gasteiger partial charge in [0, 0.05) is 24.3 Å². The highest BCUT2D eigenvalue weighted by atomic mass is 32.1. The molecule has 0 saturated carbocycles. The molecule has 0 aliphatic carbocycles. The van der Waals surface area contributed by atoms with Crippen LogP contribution in [0.25, 0.3) is 0 Å². The van der Waals surface area contributed by atoms with Crippen LogP contribution in [0.15, 0.2) is 35.7 Å². The van der Waals surface area contributed by atoms with E-state index in [1.54, 1.807) is 44.2 Å². The van der Waals surface area contributed by atoms with E-state index < -0.39 is 5.54 Å². The Kier molecular flexibility index (Phi) is 6.61. The number of anilines is 1. The molecule has 3 amide bonds. The molecule has 1 aromatic heterocycles. The summed E-state index contributed by atoms with van der Waals surface area (Å²) in [7, 11) is 0. The number of likely N-dealkylation sites (tertiary alicyclic amines) is 1. The first kappa shape index (κ1) is 22.0. The zero-order chi connectivity index (χ0) is 21.9. The van der Waals surface area contributed by atoms with Crippen LogP contribution in [0.1, 0.15) is 59.2 Å². The fraction of sp³-hybridized carbons (Fsp3) is 0.435. The molecule has 1 aliphatic heterocycles. The third-order valence-electron chi connectivity index (χ3n) is 5.52. The molecule has 1 fully saturated rings. The molecule has 1 aliphatic rings. The minimum absolute atomic E-state index is 0.0424. The molecule has 6 nitrogen and oxygen atoms in total. The van der Waals surface area contributed by atoms with E-state index in [4.69, 9.17) is 0 Å². The first-order valence-corrected chi connectivity index (χ1v) is 11.1. The van der Waals surface area contributed by atoms with Crippen molar-refractivity contribution in [2.24, 2.45) is 5.92 Å². The number of hydrogen-bond donors (Lipinski definition) is 2. The molecule has 0 unspecified atom stereocenters. The van der Waals surface area contributed by atoms with Gasteiger partial charge in [-0.3, -0.25) is 14.4 Å². The smallest absolute Gasteiger partial charge is 0.262 e. The summed E-state index contributed by atoms with van der Waals surface area (Å²) < 4.78 is 0. The van der Waals surface area contributed by atoms with Crippen LogP contribution in [-0.2, 0) is 4.79 Å². The van der Waals surface area contributed by atoms with Gasteiger partial charge in [0.05, 0.1) is 4.88 Å². The number of aryl methyl sites for hydroxylation is 1. The minimum atomic E-state index is -1.09. The second-order valence-corrected chi connectivity index (χ2v) is 9.46. The number of carbonyl (C=O) groups excluding carboxylic acids is 3. The summed E-state index contributed by atoms with van der Waals surface area (Å²) in [5, 5.41) is 7.44. The number of benzene rings is 1. The summed E-state index contributed by atoms with van der Waals surface area (Å²) in [4.78, 5) is 40.4. The van der Waals surface area contributed by atoms with Crippen molar-refractivity contribution in [2.45, 2.75) is 46.1 Å². The third-order valence-corrected chi connectivity index (χ3v) is 6.39. The quantitative estimate of drug-likeness (QED) is 0.755. The number of piperidine rings is 1. The lowest BCUT2D eigenvalue weighted by Crippen LogP contribution is -2.52. The maximum atomic E-state index is 12.8. The summed E-state index contributed by atoms with van der Waals surface area (Å²) in [5.41, 5.74) is 0.984. The van der Waals surface area contributed by atoms with Gasteiger partial charge in [-0.15, -0.1) is 11.3 Å². The van der Waals surface area contributed by atoms with Crippen LogP contribution in [-0.4, -0.2) is 41.2 Å². The molecule has 0 bridgehead atoms. The number of nitrogens with zero attached hydrogens (tertiary/aromatic N) is 1. The fourth-order valence-corrected chi connectivity index (χ4v) is 4.08. The normalized spacial score (nSPS) is 15.0. The Bertz CT molecular complexity index is 929. The van der Waals surface area contributed by atoms with Gasteiger partial charge in [-0.2, -0.15) is 0 Å². The van der Waals surface area contributed by atoms with Crippen LogP contribution in [0.4, 0.5) is 5.69 Å². The van der Waals surface area contributed by atoms with E-state index in [1.165, 1.54) is 11.3 Å². The number of hydrogen-bond acceptors (Lipinski definition) is 4. The monoisotopic (exact) mass is 427 g/mol. The predicted octanol–water partition coefficient (Wildman–Crippen LogP) is 4.08. The average Bonchev–Trinajstić information content (AvgIpc) is 3.23. The van der Waals surface area contributed by atoms with Gasteiger partial charge in [0.2, 0.25) is 5.91 Å². The highest BCUT2D eigenvalue weighted by molar-refractivity contribution is 7.12. The molecule has 1 aromatic carbocycles. The highest BCUT2D eigenvalue weighted by Gasteiger charge is 2.30.